The Balaban J connectivity index is 1.67. The van der Waals surface area contributed by atoms with Gasteiger partial charge in [-0.25, -0.2) is 9.18 Å². The van der Waals surface area contributed by atoms with E-state index < -0.39 is 0 Å². The van der Waals surface area contributed by atoms with Crippen molar-refractivity contribution in [2.75, 3.05) is 19.7 Å². The van der Waals surface area contributed by atoms with E-state index in [1.807, 2.05) is 24.3 Å². The SMILES string of the molecule is CC(C)COc1ccc(CN(Cc2ccc(F)cc2)C(=O)N[C@@H]2CCNC2)cc1. The second-order valence-electron chi connectivity index (χ2n) is 7.97. The summed E-state index contributed by atoms with van der Waals surface area (Å²) in [5.74, 6) is 1.02. The van der Waals surface area contributed by atoms with E-state index >= 15 is 0 Å². The molecule has 1 heterocycles. The van der Waals surface area contributed by atoms with E-state index in [0.717, 1.165) is 36.4 Å². The molecule has 0 radical (unpaired) electrons. The maximum Gasteiger partial charge on any atom is 0.318 e. The van der Waals surface area contributed by atoms with Crippen LogP contribution in [0.4, 0.5) is 9.18 Å². The van der Waals surface area contributed by atoms with E-state index in [1.54, 1.807) is 17.0 Å². The van der Waals surface area contributed by atoms with Crippen LogP contribution in [0.2, 0.25) is 0 Å². The number of carbonyl (C=O) groups is 1. The Morgan fingerprint density at radius 3 is 2.31 bits per heavy atom. The Morgan fingerprint density at radius 2 is 1.76 bits per heavy atom. The van der Waals surface area contributed by atoms with Crippen LogP contribution in [0.25, 0.3) is 0 Å². The Labute approximate surface area is 172 Å². The van der Waals surface area contributed by atoms with Crippen LogP contribution >= 0.6 is 0 Å². The first-order valence-electron chi connectivity index (χ1n) is 10.2. The zero-order valence-corrected chi connectivity index (χ0v) is 17.2. The van der Waals surface area contributed by atoms with E-state index in [1.165, 1.54) is 12.1 Å². The Hall–Kier alpha value is -2.60. The van der Waals surface area contributed by atoms with Crippen molar-refractivity contribution in [3.63, 3.8) is 0 Å². The summed E-state index contributed by atoms with van der Waals surface area (Å²) in [7, 11) is 0. The number of halogens is 1. The molecular weight excluding hydrogens is 369 g/mol. The number of amides is 2. The molecule has 0 aromatic heterocycles. The van der Waals surface area contributed by atoms with Gasteiger partial charge in [0.25, 0.3) is 0 Å². The fourth-order valence-electron chi connectivity index (χ4n) is 3.23. The molecule has 1 aliphatic heterocycles. The van der Waals surface area contributed by atoms with Crippen LogP contribution in [0.5, 0.6) is 5.75 Å². The van der Waals surface area contributed by atoms with E-state index in [2.05, 4.69) is 24.5 Å². The van der Waals surface area contributed by atoms with Crippen molar-refractivity contribution in [3.8, 4) is 5.75 Å². The third-order valence-corrected chi connectivity index (χ3v) is 4.84. The molecule has 5 nitrogen and oxygen atoms in total. The Kier molecular flexibility index (Phi) is 7.47. The fourth-order valence-corrected chi connectivity index (χ4v) is 3.23. The molecule has 0 saturated carbocycles. The number of ether oxygens (including phenoxy) is 1. The third kappa shape index (κ3) is 6.75. The van der Waals surface area contributed by atoms with E-state index in [-0.39, 0.29) is 17.9 Å². The lowest BCUT2D eigenvalue weighted by molar-refractivity contribution is 0.189. The predicted octanol–water partition coefficient (Wildman–Crippen LogP) is 3.93. The second-order valence-corrected chi connectivity index (χ2v) is 7.97. The largest absolute Gasteiger partial charge is 0.493 e. The average molecular weight is 400 g/mol. The van der Waals surface area contributed by atoms with Crippen molar-refractivity contribution in [3.05, 3.63) is 65.5 Å². The van der Waals surface area contributed by atoms with Gasteiger partial charge in [-0.2, -0.15) is 0 Å². The van der Waals surface area contributed by atoms with Crippen molar-refractivity contribution >= 4 is 6.03 Å². The molecule has 1 saturated heterocycles. The summed E-state index contributed by atoms with van der Waals surface area (Å²) in [5.41, 5.74) is 1.91. The maximum absolute atomic E-state index is 13.2. The number of nitrogens with zero attached hydrogens (tertiary/aromatic N) is 1. The summed E-state index contributed by atoms with van der Waals surface area (Å²) in [6, 6.07) is 14.2. The molecule has 2 aromatic rings. The molecule has 1 aliphatic rings. The van der Waals surface area contributed by atoms with Crippen molar-refractivity contribution in [1.82, 2.24) is 15.5 Å². The number of carbonyl (C=O) groups excluding carboxylic acids is 1. The van der Waals surface area contributed by atoms with Crippen LogP contribution < -0.4 is 15.4 Å². The van der Waals surface area contributed by atoms with Gasteiger partial charge in [-0.1, -0.05) is 38.1 Å². The molecule has 1 fully saturated rings. The van der Waals surface area contributed by atoms with Crippen LogP contribution in [0.15, 0.2) is 48.5 Å². The molecule has 2 aromatic carbocycles. The van der Waals surface area contributed by atoms with Gasteiger partial charge in [0.1, 0.15) is 11.6 Å². The Morgan fingerprint density at radius 1 is 1.14 bits per heavy atom. The molecular formula is C23H30FN3O2. The molecule has 0 bridgehead atoms. The summed E-state index contributed by atoms with van der Waals surface area (Å²) in [4.78, 5) is 14.7. The molecule has 29 heavy (non-hydrogen) atoms. The highest BCUT2D eigenvalue weighted by Gasteiger charge is 2.21. The zero-order chi connectivity index (χ0) is 20.6. The Bertz CT molecular complexity index is 772. The lowest BCUT2D eigenvalue weighted by atomic mass is 10.1. The average Bonchev–Trinajstić information content (AvgIpc) is 3.21. The van der Waals surface area contributed by atoms with Gasteiger partial charge in [-0.05, 0) is 54.3 Å². The van der Waals surface area contributed by atoms with Crippen molar-refractivity contribution in [2.45, 2.75) is 39.4 Å². The number of urea groups is 1. The minimum absolute atomic E-state index is 0.108. The highest BCUT2D eigenvalue weighted by Crippen LogP contribution is 2.17. The van der Waals surface area contributed by atoms with Crippen molar-refractivity contribution in [1.29, 1.82) is 0 Å². The van der Waals surface area contributed by atoms with Crippen LogP contribution in [0, 0.1) is 11.7 Å². The quantitative estimate of drug-likeness (QED) is 0.707. The number of hydrogen-bond acceptors (Lipinski definition) is 3. The van der Waals surface area contributed by atoms with Crippen LogP contribution in [0.3, 0.4) is 0 Å². The van der Waals surface area contributed by atoms with Gasteiger partial charge in [0, 0.05) is 25.7 Å². The maximum atomic E-state index is 13.2. The van der Waals surface area contributed by atoms with Gasteiger partial charge in [0.05, 0.1) is 6.61 Å². The second kappa shape index (κ2) is 10.3. The minimum atomic E-state index is -0.279. The number of hydrogen-bond donors (Lipinski definition) is 2. The first-order chi connectivity index (χ1) is 14.0. The smallest absolute Gasteiger partial charge is 0.318 e. The van der Waals surface area contributed by atoms with Gasteiger partial charge in [-0.15, -0.1) is 0 Å². The molecule has 0 spiro atoms. The highest BCUT2D eigenvalue weighted by molar-refractivity contribution is 5.74. The first kappa shape index (κ1) is 21.1. The first-order valence-corrected chi connectivity index (χ1v) is 10.2. The molecule has 0 aliphatic carbocycles. The van der Waals surface area contributed by atoms with Crippen LogP contribution in [0.1, 0.15) is 31.4 Å². The summed E-state index contributed by atoms with van der Waals surface area (Å²) in [6.45, 7) is 7.48. The minimum Gasteiger partial charge on any atom is -0.493 e. The summed E-state index contributed by atoms with van der Waals surface area (Å²) < 4.78 is 19.0. The van der Waals surface area contributed by atoms with Gasteiger partial charge in [0.15, 0.2) is 0 Å². The zero-order valence-electron chi connectivity index (χ0n) is 17.2. The van der Waals surface area contributed by atoms with Crippen LogP contribution in [-0.4, -0.2) is 36.7 Å². The van der Waals surface area contributed by atoms with E-state index in [0.29, 0.717) is 25.6 Å². The predicted molar refractivity (Wildman–Crippen MR) is 112 cm³/mol. The molecule has 2 amide bonds. The molecule has 1 atom stereocenters. The van der Waals surface area contributed by atoms with E-state index in [9.17, 15) is 9.18 Å². The number of benzene rings is 2. The molecule has 3 rings (SSSR count). The fraction of sp³-hybridized carbons (Fsp3) is 0.435. The lowest BCUT2D eigenvalue weighted by Crippen LogP contribution is -2.45. The van der Waals surface area contributed by atoms with Crippen molar-refractivity contribution in [2.24, 2.45) is 5.92 Å². The standard InChI is InChI=1S/C23H30FN3O2/c1-17(2)16-29-22-9-5-19(6-10-22)15-27(14-18-3-7-20(24)8-4-18)23(28)26-21-11-12-25-13-21/h3-10,17,21,25H,11-16H2,1-2H3,(H,26,28)/t21-/m1/s1. The van der Waals surface area contributed by atoms with Gasteiger partial charge in [0.2, 0.25) is 0 Å². The molecule has 2 N–H and O–H groups in total. The molecule has 0 unspecified atom stereocenters. The summed E-state index contributed by atoms with van der Waals surface area (Å²) in [5, 5.41) is 6.36. The van der Waals surface area contributed by atoms with Crippen LogP contribution in [-0.2, 0) is 13.1 Å². The van der Waals surface area contributed by atoms with Gasteiger partial charge in [-0.3, -0.25) is 0 Å². The lowest BCUT2D eigenvalue weighted by Gasteiger charge is -2.25. The third-order valence-electron chi connectivity index (χ3n) is 4.84. The summed E-state index contributed by atoms with van der Waals surface area (Å²) in [6.07, 6.45) is 0.929. The van der Waals surface area contributed by atoms with E-state index in [4.69, 9.17) is 4.74 Å². The van der Waals surface area contributed by atoms with Gasteiger partial charge < -0.3 is 20.3 Å². The normalized spacial score (nSPS) is 16.1. The molecule has 156 valence electrons. The number of nitrogens with one attached hydrogen (secondary N) is 2. The molecule has 6 heteroatoms. The summed E-state index contributed by atoms with van der Waals surface area (Å²) >= 11 is 0. The highest BCUT2D eigenvalue weighted by atomic mass is 19.1. The van der Waals surface area contributed by atoms with Crippen molar-refractivity contribution < 1.29 is 13.9 Å². The monoisotopic (exact) mass is 399 g/mol. The topological polar surface area (TPSA) is 53.6 Å². The van der Waals surface area contributed by atoms with Gasteiger partial charge >= 0.3 is 6.03 Å². The number of rotatable bonds is 8.